The Kier molecular flexibility index (Phi) is 5.67. The molecule has 4 rings (SSSR count). The third kappa shape index (κ3) is 4.26. The van der Waals surface area contributed by atoms with Crippen LogP contribution in [0.1, 0.15) is 25.8 Å². The van der Waals surface area contributed by atoms with E-state index in [1.165, 1.54) is 6.92 Å². The first-order valence-electron chi connectivity index (χ1n) is 10.0. The minimum absolute atomic E-state index is 0.0427. The van der Waals surface area contributed by atoms with Gasteiger partial charge in [0.1, 0.15) is 5.82 Å². The number of H-pyrrole nitrogens is 1. The molecule has 1 aromatic heterocycles. The summed E-state index contributed by atoms with van der Waals surface area (Å²) in [7, 11) is -3.95. The summed E-state index contributed by atoms with van der Waals surface area (Å²) in [5.41, 5.74) is 1.43. The summed E-state index contributed by atoms with van der Waals surface area (Å²) in [6.45, 7) is 2.32. The number of imidazole rings is 1. The molecule has 10 heteroatoms. The molecule has 1 amide bonds. The molecule has 2 heterocycles. The number of nitrogens with zero attached hydrogens (tertiary/aromatic N) is 2. The fourth-order valence-electron chi connectivity index (χ4n) is 4.02. The third-order valence-corrected chi connectivity index (χ3v) is 7.15. The molecule has 1 aliphatic rings. The standard InChI is InChI=1S/C21H23FN4O4S/c1-14(24-31(29,30)17-8-6-15(22)7-9-17)20(27)25-12-10-16(11-13-25)26-19-5-3-2-4-18(19)23-21(26)28/h2-9,14,16,24H,10-13H2,1H3,(H,23,28)/t14-/m0/s1. The third-order valence-electron chi connectivity index (χ3n) is 5.59. The highest BCUT2D eigenvalue weighted by atomic mass is 32.2. The molecular formula is C21H23FN4O4S. The molecule has 3 aromatic rings. The van der Waals surface area contributed by atoms with Gasteiger partial charge in [-0.3, -0.25) is 9.36 Å². The van der Waals surface area contributed by atoms with E-state index in [1.54, 1.807) is 9.47 Å². The predicted octanol–water partition coefficient (Wildman–Crippen LogP) is 2.00. The molecular weight excluding hydrogens is 423 g/mol. The van der Waals surface area contributed by atoms with Crippen LogP contribution in [0.4, 0.5) is 4.39 Å². The fraction of sp³-hybridized carbons (Fsp3) is 0.333. The second kappa shape index (κ2) is 8.27. The Morgan fingerprint density at radius 2 is 1.77 bits per heavy atom. The van der Waals surface area contributed by atoms with Crippen LogP contribution in [-0.4, -0.2) is 47.9 Å². The molecule has 0 spiro atoms. The molecule has 2 N–H and O–H groups in total. The number of hydrogen-bond donors (Lipinski definition) is 2. The van der Waals surface area contributed by atoms with Gasteiger partial charge in [-0.25, -0.2) is 17.6 Å². The van der Waals surface area contributed by atoms with Crippen LogP contribution in [0, 0.1) is 5.82 Å². The second-order valence-corrected chi connectivity index (χ2v) is 9.38. The van der Waals surface area contributed by atoms with Crippen molar-refractivity contribution in [3.63, 3.8) is 0 Å². The van der Waals surface area contributed by atoms with Crippen molar-refractivity contribution >= 4 is 27.0 Å². The highest BCUT2D eigenvalue weighted by molar-refractivity contribution is 7.89. The molecule has 1 saturated heterocycles. The molecule has 8 nitrogen and oxygen atoms in total. The first-order chi connectivity index (χ1) is 14.8. The molecule has 1 atom stereocenters. The molecule has 31 heavy (non-hydrogen) atoms. The van der Waals surface area contributed by atoms with Crippen LogP contribution in [0.25, 0.3) is 11.0 Å². The monoisotopic (exact) mass is 446 g/mol. The van der Waals surface area contributed by atoms with Crippen LogP contribution < -0.4 is 10.4 Å². The highest BCUT2D eigenvalue weighted by Gasteiger charge is 2.30. The van der Waals surface area contributed by atoms with Gasteiger partial charge in [-0.05, 0) is 56.2 Å². The van der Waals surface area contributed by atoms with Crippen LogP contribution in [0.2, 0.25) is 0 Å². The lowest BCUT2D eigenvalue weighted by atomic mass is 10.0. The van der Waals surface area contributed by atoms with Gasteiger partial charge < -0.3 is 9.88 Å². The van der Waals surface area contributed by atoms with Gasteiger partial charge in [-0.1, -0.05) is 12.1 Å². The summed E-state index contributed by atoms with van der Waals surface area (Å²) in [6, 6.07) is 10.9. The van der Waals surface area contributed by atoms with Gasteiger partial charge in [-0.15, -0.1) is 0 Å². The van der Waals surface area contributed by atoms with Crippen LogP contribution in [0.15, 0.2) is 58.2 Å². The van der Waals surface area contributed by atoms with E-state index in [0.29, 0.717) is 25.9 Å². The molecule has 1 aliphatic heterocycles. The Morgan fingerprint density at radius 3 is 2.45 bits per heavy atom. The number of nitrogens with one attached hydrogen (secondary N) is 2. The van der Waals surface area contributed by atoms with Crippen molar-refractivity contribution in [3.05, 3.63) is 64.8 Å². The largest absolute Gasteiger partial charge is 0.341 e. The number of likely N-dealkylation sites (tertiary alicyclic amines) is 1. The topological polar surface area (TPSA) is 104 Å². The van der Waals surface area contributed by atoms with Crippen molar-refractivity contribution in [2.24, 2.45) is 0 Å². The number of benzene rings is 2. The summed E-state index contributed by atoms with van der Waals surface area (Å²) >= 11 is 0. The van der Waals surface area contributed by atoms with Crippen LogP contribution in [-0.2, 0) is 14.8 Å². The zero-order valence-electron chi connectivity index (χ0n) is 16.9. The van der Waals surface area contributed by atoms with E-state index in [0.717, 1.165) is 35.3 Å². The van der Waals surface area contributed by atoms with Crippen molar-refractivity contribution < 1.29 is 17.6 Å². The number of hydrogen-bond acceptors (Lipinski definition) is 4. The Labute approximate surface area is 178 Å². The molecule has 1 fully saturated rings. The average molecular weight is 447 g/mol. The van der Waals surface area contributed by atoms with Crippen molar-refractivity contribution in [1.29, 1.82) is 0 Å². The molecule has 2 aromatic carbocycles. The smallest absolute Gasteiger partial charge is 0.326 e. The summed E-state index contributed by atoms with van der Waals surface area (Å²) in [5, 5.41) is 0. The predicted molar refractivity (Wildman–Crippen MR) is 114 cm³/mol. The van der Waals surface area contributed by atoms with Crippen LogP contribution in [0.3, 0.4) is 0 Å². The molecule has 164 valence electrons. The molecule has 0 radical (unpaired) electrons. The minimum atomic E-state index is -3.95. The van der Waals surface area contributed by atoms with Gasteiger partial charge >= 0.3 is 5.69 Å². The van der Waals surface area contributed by atoms with Gasteiger partial charge in [0, 0.05) is 19.1 Å². The number of aromatic amines is 1. The Balaban J connectivity index is 1.41. The lowest BCUT2D eigenvalue weighted by molar-refractivity contribution is -0.133. The van der Waals surface area contributed by atoms with Crippen LogP contribution in [0.5, 0.6) is 0 Å². The van der Waals surface area contributed by atoms with E-state index in [-0.39, 0.29) is 22.5 Å². The maximum absolute atomic E-state index is 13.1. The number of rotatable bonds is 5. The quantitative estimate of drug-likeness (QED) is 0.626. The van der Waals surface area contributed by atoms with E-state index >= 15 is 0 Å². The van der Waals surface area contributed by atoms with E-state index in [4.69, 9.17) is 0 Å². The van der Waals surface area contributed by atoms with Gasteiger partial charge in [0.15, 0.2) is 0 Å². The summed E-state index contributed by atoms with van der Waals surface area (Å²) in [4.78, 5) is 29.5. The number of fused-ring (bicyclic) bond motifs is 1. The number of piperidine rings is 1. The van der Waals surface area contributed by atoms with Gasteiger partial charge in [-0.2, -0.15) is 4.72 Å². The average Bonchev–Trinajstić information content (AvgIpc) is 3.09. The fourth-order valence-corrected chi connectivity index (χ4v) is 5.22. The van der Waals surface area contributed by atoms with E-state index < -0.39 is 21.9 Å². The molecule has 0 bridgehead atoms. The number of aromatic nitrogens is 2. The lowest BCUT2D eigenvalue weighted by Gasteiger charge is -2.34. The number of carbonyl (C=O) groups excluding carboxylic acids is 1. The summed E-state index contributed by atoms with van der Waals surface area (Å²) < 4.78 is 42.1. The van der Waals surface area contributed by atoms with Crippen molar-refractivity contribution in [3.8, 4) is 0 Å². The Hall–Kier alpha value is -2.98. The minimum Gasteiger partial charge on any atom is -0.341 e. The van der Waals surface area contributed by atoms with Gasteiger partial charge in [0.2, 0.25) is 15.9 Å². The maximum atomic E-state index is 13.1. The number of sulfonamides is 1. The van der Waals surface area contributed by atoms with Gasteiger partial charge in [0.05, 0.1) is 22.0 Å². The van der Waals surface area contributed by atoms with Gasteiger partial charge in [0.25, 0.3) is 0 Å². The SMILES string of the molecule is C[C@H](NS(=O)(=O)c1ccc(F)cc1)C(=O)N1CCC(n2c(=O)[nH]c3ccccc32)CC1. The van der Waals surface area contributed by atoms with E-state index in [9.17, 15) is 22.4 Å². The number of halogens is 1. The zero-order chi connectivity index (χ0) is 22.2. The van der Waals surface area contributed by atoms with Crippen molar-refractivity contribution in [1.82, 2.24) is 19.2 Å². The number of carbonyl (C=O) groups is 1. The van der Waals surface area contributed by atoms with E-state index in [2.05, 4.69) is 9.71 Å². The molecule has 0 aliphatic carbocycles. The summed E-state index contributed by atoms with van der Waals surface area (Å²) in [5.74, 6) is -0.879. The summed E-state index contributed by atoms with van der Waals surface area (Å²) in [6.07, 6.45) is 1.18. The number of para-hydroxylation sites is 2. The maximum Gasteiger partial charge on any atom is 0.326 e. The van der Waals surface area contributed by atoms with E-state index in [1.807, 2.05) is 24.3 Å². The number of amides is 1. The molecule has 0 saturated carbocycles. The second-order valence-electron chi connectivity index (χ2n) is 7.67. The first-order valence-corrected chi connectivity index (χ1v) is 11.5. The lowest BCUT2D eigenvalue weighted by Crippen LogP contribution is -2.49. The normalized spacial score (nSPS) is 16.5. The highest BCUT2D eigenvalue weighted by Crippen LogP contribution is 2.25. The Bertz CT molecular complexity index is 1260. The zero-order valence-corrected chi connectivity index (χ0v) is 17.7. The molecule has 0 unspecified atom stereocenters. The van der Waals surface area contributed by atoms with Crippen molar-refractivity contribution in [2.45, 2.75) is 36.7 Å². The first kappa shape index (κ1) is 21.3. The van der Waals surface area contributed by atoms with Crippen LogP contribution >= 0.6 is 0 Å². The van der Waals surface area contributed by atoms with Crippen molar-refractivity contribution in [2.75, 3.05) is 13.1 Å². The Morgan fingerprint density at radius 1 is 1.13 bits per heavy atom.